The van der Waals surface area contributed by atoms with E-state index in [2.05, 4.69) is 77.2 Å². The zero-order valence-electron chi connectivity index (χ0n) is 13.3. The molecule has 0 heterocycles. The van der Waals surface area contributed by atoms with Gasteiger partial charge in [0.05, 0.1) is 8.07 Å². The van der Waals surface area contributed by atoms with E-state index in [4.69, 9.17) is 0 Å². The maximum atomic E-state index is 2.54. The minimum Gasteiger partial charge on any atom is -0.0800 e. The quantitative estimate of drug-likeness (QED) is 0.572. The summed E-state index contributed by atoms with van der Waals surface area (Å²) in [5.41, 5.74) is 4.45. The van der Waals surface area contributed by atoms with Crippen LogP contribution in [-0.2, 0) is 0 Å². The summed E-state index contributed by atoms with van der Waals surface area (Å²) in [4.78, 5) is 0. The van der Waals surface area contributed by atoms with Crippen molar-refractivity contribution in [2.75, 3.05) is 0 Å². The summed E-state index contributed by atoms with van der Waals surface area (Å²) in [6.07, 6.45) is 14.7. The molecule has 0 aromatic heterocycles. The minimum atomic E-state index is -1.34. The predicted octanol–water partition coefficient (Wildman–Crippen LogP) is 5.74. The van der Waals surface area contributed by atoms with Crippen LogP contribution in [0.4, 0.5) is 0 Å². The highest BCUT2D eigenvalue weighted by molar-refractivity contribution is 6.82. The van der Waals surface area contributed by atoms with E-state index < -0.39 is 8.07 Å². The van der Waals surface area contributed by atoms with Crippen LogP contribution in [0.3, 0.4) is 0 Å². The molecule has 19 heavy (non-hydrogen) atoms. The van der Waals surface area contributed by atoms with Crippen molar-refractivity contribution in [1.29, 1.82) is 0 Å². The Bertz CT molecular complexity index is 416. The van der Waals surface area contributed by atoms with Crippen molar-refractivity contribution in [2.24, 2.45) is 11.8 Å². The van der Waals surface area contributed by atoms with Crippen molar-refractivity contribution in [1.82, 2.24) is 0 Å². The van der Waals surface area contributed by atoms with Crippen LogP contribution in [0.25, 0.3) is 0 Å². The molecular weight excluding hydrogens is 244 g/mol. The van der Waals surface area contributed by atoms with E-state index in [1.807, 2.05) is 0 Å². The lowest BCUT2D eigenvalue weighted by Gasteiger charge is -2.32. The van der Waals surface area contributed by atoms with Crippen LogP contribution in [0, 0.1) is 11.8 Å². The molecule has 2 aliphatic rings. The third-order valence-electron chi connectivity index (χ3n) is 4.79. The van der Waals surface area contributed by atoms with Crippen molar-refractivity contribution < 1.29 is 0 Å². The van der Waals surface area contributed by atoms with E-state index in [1.54, 1.807) is 0 Å². The minimum absolute atomic E-state index is 0.659. The lowest BCUT2D eigenvalue weighted by molar-refractivity contribution is 0.791. The van der Waals surface area contributed by atoms with Crippen molar-refractivity contribution in [3.05, 3.63) is 47.6 Å². The first-order chi connectivity index (χ1) is 8.82. The Kier molecular flexibility index (Phi) is 4.05. The fourth-order valence-corrected chi connectivity index (χ4v) is 5.86. The topological polar surface area (TPSA) is 0 Å². The first-order valence-corrected chi connectivity index (χ1v) is 10.8. The van der Waals surface area contributed by atoms with Gasteiger partial charge in [0.15, 0.2) is 0 Å². The molecule has 0 spiro atoms. The zero-order chi connectivity index (χ0) is 14.2. The Morgan fingerprint density at radius 1 is 0.789 bits per heavy atom. The molecule has 2 unspecified atom stereocenters. The van der Waals surface area contributed by atoms with Crippen LogP contribution in [0.1, 0.15) is 27.7 Å². The molecule has 0 aliphatic heterocycles. The first kappa shape index (κ1) is 14.6. The van der Waals surface area contributed by atoms with Gasteiger partial charge in [-0.05, 0) is 34.1 Å². The van der Waals surface area contributed by atoms with Crippen LogP contribution >= 0.6 is 0 Å². The van der Waals surface area contributed by atoms with Crippen LogP contribution in [-0.4, -0.2) is 8.07 Å². The summed E-state index contributed by atoms with van der Waals surface area (Å²) >= 11 is 0. The predicted molar refractivity (Wildman–Crippen MR) is 89.1 cm³/mol. The fraction of sp³-hybridized carbons (Fsp3) is 0.556. The van der Waals surface area contributed by atoms with Gasteiger partial charge >= 0.3 is 0 Å². The number of allylic oxidation sites excluding steroid dienone is 8. The van der Waals surface area contributed by atoms with Gasteiger partial charge in [-0.1, -0.05) is 77.2 Å². The van der Waals surface area contributed by atoms with E-state index in [0.29, 0.717) is 22.9 Å². The lowest BCUT2D eigenvalue weighted by atomic mass is 10.1. The Hall–Kier alpha value is -0.823. The Morgan fingerprint density at radius 2 is 1.16 bits per heavy atom. The Morgan fingerprint density at radius 3 is 1.42 bits per heavy atom. The van der Waals surface area contributed by atoms with Gasteiger partial charge in [-0.2, -0.15) is 0 Å². The molecule has 0 aromatic carbocycles. The highest BCUT2D eigenvalue weighted by Crippen LogP contribution is 2.44. The van der Waals surface area contributed by atoms with Crippen LogP contribution in [0.5, 0.6) is 0 Å². The Balaban J connectivity index is 2.17. The van der Waals surface area contributed by atoms with Gasteiger partial charge in [-0.25, -0.2) is 0 Å². The summed E-state index contributed by atoms with van der Waals surface area (Å²) in [5.74, 6) is 1.32. The van der Waals surface area contributed by atoms with Crippen LogP contribution < -0.4 is 0 Å². The van der Waals surface area contributed by atoms with Crippen molar-refractivity contribution in [2.45, 2.75) is 51.9 Å². The third-order valence-corrected chi connectivity index (χ3v) is 8.94. The molecule has 0 radical (unpaired) electrons. The van der Waals surface area contributed by atoms with Crippen molar-refractivity contribution in [3.63, 3.8) is 0 Å². The monoisotopic (exact) mass is 272 g/mol. The second kappa shape index (κ2) is 5.28. The van der Waals surface area contributed by atoms with Gasteiger partial charge in [-0.15, -0.1) is 0 Å². The number of rotatable bonds is 4. The molecule has 1 heteroatoms. The summed E-state index contributed by atoms with van der Waals surface area (Å²) < 4.78 is 0. The summed E-state index contributed by atoms with van der Waals surface area (Å²) in [6.45, 7) is 14.2. The zero-order valence-corrected chi connectivity index (χ0v) is 14.3. The molecule has 104 valence electrons. The maximum Gasteiger partial charge on any atom is 0.0699 e. The highest BCUT2D eigenvalue weighted by Gasteiger charge is 2.37. The molecule has 0 bridgehead atoms. The molecule has 0 saturated heterocycles. The second-order valence-corrected chi connectivity index (χ2v) is 12.2. The SMILES string of the molecule is CC(C)C1=CC([Si](C)(C)C2C=CC(C(C)C)=C2)C=C1. The van der Waals surface area contributed by atoms with E-state index in [-0.39, 0.29) is 0 Å². The van der Waals surface area contributed by atoms with Gasteiger partial charge in [0.25, 0.3) is 0 Å². The lowest BCUT2D eigenvalue weighted by Crippen LogP contribution is -2.34. The summed E-state index contributed by atoms with van der Waals surface area (Å²) in [6, 6.07) is 0. The molecule has 0 fully saturated rings. The molecule has 0 amide bonds. The summed E-state index contributed by atoms with van der Waals surface area (Å²) in [7, 11) is -1.34. The molecule has 0 saturated carbocycles. The number of hydrogen-bond acceptors (Lipinski definition) is 0. The van der Waals surface area contributed by atoms with Gasteiger partial charge in [0.2, 0.25) is 0 Å². The maximum absolute atomic E-state index is 2.54. The fourth-order valence-electron chi connectivity index (χ4n) is 2.98. The molecule has 0 aromatic rings. The molecule has 2 atom stereocenters. The first-order valence-electron chi connectivity index (χ1n) is 7.62. The molecule has 2 rings (SSSR count). The van der Waals surface area contributed by atoms with Gasteiger partial charge < -0.3 is 0 Å². The van der Waals surface area contributed by atoms with Gasteiger partial charge in [0.1, 0.15) is 0 Å². The van der Waals surface area contributed by atoms with E-state index in [0.717, 1.165) is 0 Å². The average molecular weight is 273 g/mol. The standard InChI is InChI=1S/C18H28Si/c1-13(2)15-7-9-17(11-15)19(5,6)18-10-8-16(12-18)14(3)4/h7-14,17-18H,1-6H3. The summed E-state index contributed by atoms with van der Waals surface area (Å²) in [5, 5.41) is 0. The van der Waals surface area contributed by atoms with E-state index in [1.165, 1.54) is 11.1 Å². The Labute approximate surface area is 120 Å². The van der Waals surface area contributed by atoms with Crippen LogP contribution in [0.15, 0.2) is 47.6 Å². The highest BCUT2D eigenvalue weighted by atomic mass is 28.3. The van der Waals surface area contributed by atoms with E-state index in [9.17, 15) is 0 Å². The van der Waals surface area contributed by atoms with E-state index >= 15 is 0 Å². The number of hydrogen-bond donors (Lipinski definition) is 0. The molecule has 0 N–H and O–H groups in total. The van der Waals surface area contributed by atoms with Crippen molar-refractivity contribution >= 4 is 8.07 Å². The normalized spacial score (nSPS) is 26.5. The molecule has 2 aliphatic carbocycles. The van der Waals surface area contributed by atoms with Gasteiger partial charge in [0, 0.05) is 0 Å². The average Bonchev–Trinajstić information content (AvgIpc) is 2.99. The largest absolute Gasteiger partial charge is 0.0800 e. The smallest absolute Gasteiger partial charge is 0.0699 e. The van der Waals surface area contributed by atoms with Gasteiger partial charge in [-0.3, -0.25) is 0 Å². The molecule has 0 nitrogen and oxygen atoms in total. The third kappa shape index (κ3) is 2.86. The molecular formula is C18H28Si. The van der Waals surface area contributed by atoms with Crippen LogP contribution in [0.2, 0.25) is 24.2 Å². The second-order valence-electron chi connectivity index (χ2n) is 7.23. The van der Waals surface area contributed by atoms with Crippen molar-refractivity contribution in [3.8, 4) is 0 Å².